The largest absolute Gasteiger partial charge is 0.247 e. The minimum Gasteiger partial charge on any atom is -0.247 e. The van der Waals surface area contributed by atoms with Gasteiger partial charge in [0.2, 0.25) is 0 Å². The average molecular weight is 156 g/mol. The Bertz CT molecular complexity index is 131. The highest BCUT2D eigenvalue weighted by atomic mass is 19.1. The highest BCUT2D eigenvalue weighted by molar-refractivity contribution is 4.84. The zero-order valence-corrected chi connectivity index (χ0v) is 7.06. The van der Waals surface area contributed by atoms with Crippen LogP contribution in [-0.2, 0) is 0 Å². The minimum atomic E-state index is -0.450. The van der Waals surface area contributed by atoms with E-state index in [4.69, 9.17) is 0 Å². The number of halogens is 1. The molecule has 0 bridgehead atoms. The lowest BCUT2D eigenvalue weighted by Crippen LogP contribution is -2.31. The Morgan fingerprint density at radius 1 is 0.818 bits per heavy atom. The molecule has 11 heavy (non-hydrogen) atoms. The molecule has 1 heteroatoms. The third-order valence-electron chi connectivity index (χ3n) is 3.49. The summed E-state index contributed by atoms with van der Waals surface area (Å²) in [6.07, 6.45) is 7.97. The van der Waals surface area contributed by atoms with Crippen molar-refractivity contribution >= 4 is 0 Å². The summed E-state index contributed by atoms with van der Waals surface area (Å²) in [5.41, 5.74) is 0. The van der Waals surface area contributed by atoms with Crippen LogP contribution in [0.3, 0.4) is 0 Å². The van der Waals surface area contributed by atoms with Gasteiger partial charge in [-0.3, -0.25) is 0 Å². The van der Waals surface area contributed by atoms with Crippen molar-refractivity contribution < 1.29 is 4.39 Å². The van der Waals surface area contributed by atoms with Crippen LogP contribution in [0.1, 0.15) is 44.9 Å². The van der Waals surface area contributed by atoms with Crippen LogP contribution in [0.4, 0.5) is 4.39 Å². The number of rotatable bonds is 0. The van der Waals surface area contributed by atoms with Gasteiger partial charge in [-0.05, 0) is 31.1 Å². The maximum absolute atomic E-state index is 13.3. The molecule has 2 aliphatic carbocycles. The number of hydrogen-bond acceptors (Lipinski definition) is 0. The Kier molecular flexibility index (Phi) is 2.15. The molecule has 0 amide bonds. The number of hydrogen-bond donors (Lipinski definition) is 0. The Morgan fingerprint density at radius 2 is 1.55 bits per heavy atom. The molecular weight excluding hydrogens is 139 g/mol. The summed E-state index contributed by atoms with van der Waals surface area (Å²) >= 11 is 0. The van der Waals surface area contributed by atoms with Gasteiger partial charge in [0.1, 0.15) is 6.17 Å². The van der Waals surface area contributed by atoms with Gasteiger partial charge in [0.15, 0.2) is 0 Å². The van der Waals surface area contributed by atoms with Crippen LogP contribution in [-0.4, -0.2) is 6.17 Å². The van der Waals surface area contributed by atoms with Gasteiger partial charge in [-0.15, -0.1) is 0 Å². The molecule has 0 heterocycles. The second kappa shape index (κ2) is 3.12. The molecular formula is C10H17F. The molecule has 0 nitrogen and oxygen atoms in total. The van der Waals surface area contributed by atoms with Crippen molar-refractivity contribution in [1.29, 1.82) is 0 Å². The lowest BCUT2D eigenvalue weighted by Gasteiger charge is -2.37. The van der Waals surface area contributed by atoms with E-state index in [1.807, 2.05) is 0 Å². The molecule has 0 saturated heterocycles. The van der Waals surface area contributed by atoms with Crippen LogP contribution < -0.4 is 0 Å². The quantitative estimate of drug-likeness (QED) is 0.504. The summed E-state index contributed by atoms with van der Waals surface area (Å²) in [7, 11) is 0. The van der Waals surface area contributed by atoms with E-state index in [1.165, 1.54) is 32.1 Å². The van der Waals surface area contributed by atoms with E-state index in [0.29, 0.717) is 5.92 Å². The summed E-state index contributed by atoms with van der Waals surface area (Å²) in [6, 6.07) is 0. The first-order chi connectivity index (χ1) is 5.38. The van der Waals surface area contributed by atoms with Crippen molar-refractivity contribution in [2.24, 2.45) is 11.8 Å². The first-order valence-corrected chi connectivity index (χ1v) is 5.02. The molecule has 2 saturated carbocycles. The van der Waals surface area contributed by atoms with E-state index in [9.17, 15) is 4.39 Å². The van der Waals surface area contributed by atoms with Gasteiger partial charge >= 0.3 is 0 Å². The molecule has 2 aliphatic rings. The van der Waals surface area contributed by atoms with Crippen LogP contribution in [0.25, 0.3) is 0 Å². The van der Waals surface area contributed by atoms with Gasteiger partial charge in [-0.2, -0.15) is 0 Å². The molecule has 1 unspecified atom stereocenters. The van der Waals surface area contributed by atoms with Crippen molar-refractivity contribution in [3.8, 4) is 0 Å². The molecule has 0 radical (unpaired) electrons. The third-order valence-corrected chi connectivity index (χ3v) is 3.49. The third kappa shape index (κ3) is 1.43. The van der Waals surface area contributed by atoms with Crippen LogP contribution in [0.2, 0.25) is 0 Å². The van der Waals surface area contributed by atoms with E-state index in [0.717, 1.165) is 18.8 Å². The number of fused-ring (bicyclic) bond motifs is 1. The molecule has 0 aliphatic heterocycles. The number of alkyl halides is 1. The fraction of sp³-hybridized carbons (Fsp3) is 1.00. The Balaban J connectivity index is 1.99. The molecule has 64 valence electrons. The van der Waals surface area contributed by atoms with Gasteiger partial charge < -0.3 is 0 Å². The van der Waals surface area contributed by atoms with E-state index in [1.54, 1.807) is 0 Å². The average Bonchev–Trinajstić information content (AvgIpc) is 2.06. The van der Waals surface area contributed by atoms with E-state index < -0.39 is 6.17 Å². The van der Waals surface area contributed by atoms with Crippen LogP contribution in [0, 0.1) is 11.8 Å². The maximum atomic E-state index is 13.3. The Morgan fingerprint density at radius 3 is 2.36 bits per heavy atom. The molecule has 0 N–H and O–H groups in total. The lowest BCUT2D eigenvalue weighted by atomic mass is 9.70. The van der Waals surface area contributed by atoms with Crippen molar-refractivity contribution in [3.63, 3.8) is 0 Å². The smallest absolute Gasteiger partial charge is 0.103 e. The summed E-state index contributed by atoms with van der Waals surface area (Å²) < 4.78 is 13.3. The lowest BCUT2D eigenvalue weighted by molar-refractivity contribution is 0.0717. The van der Waals surface area contributed by atoms with Gasteiger partial charge in [0.05, 0.1) is 0 Å². The standard InChI is InChI=1S/C10H17F/c11-10-7-3-5-8-4-1-2-6-9(8)10/h8-10H,1-7H2/t8-,9-,10?/m0/s1. The highest BCUT2D eigenvalue weighted by Gasteiger charge is 2.34. The van der Waals surface area contributed by atoms with Crippen LogP contribution in [0.5, 0.6) is 0 Å². The molecule has 0 aromatic carbocycles. The molecule has 2 rings (SSSR count). The second-order valence-electron chi connectivity index (χ2n) is 4.16. The van der Waals surface area contributed by atoms with Crippen LogP contribution >= 0.6 is 0 Å². The van der Waals surface area contributed by atoms with Gasteiger partial charge in [0.25, 0.3) is 0 Å². The Hall–Kier alpha value is -0.0700. The fourth-order valence-electron chi connectivity index (χ4n) is 2.86. The summed E-state index contributed by atoms with van der Waals surface area (Å²) in [6.45, 7) is 0. The topological polar surface area (TPSA) is 0 Å². The molecule has 0 aromatic rings. The zero-order chi connectivity index (χ0) is 7.68. The monoisotopic (exact) mass is 156 g/mol. The van der Waals surface area contributed by atoms with Crippen molar-refractivity contribution in [1.82, 2.24) is 0 Å². The second-order valence-corrected chi connectivity index (χ2v) is 4.16. The van der Waals surface area contributed by atoms with Gasteiger partial charge in [0, 0.05) is 0 Å². The summed E-state index contributed by atoms with van der Waals surface area (Å²) in [5.74, 6) is 1.21. The first kappa shape index (κ1) is 7.57. The summed E-state index contributed by atoms with van der Waals surface area (Å²) in [5, 5.41) is 0. The summed E-state index contributed by atoms with van der Waals surface area (Å²) in [4.78, 5) is 0. The maximum Gasteiger partial charge on any atom is 0.103 e. The van der Waals surface area contributed by atoms with Crippen molar-refractivity contribution in [2.75, 3.05) is 0 Å². The molecule has 0 spiro atoms. The normalized spacial score (nSPS) is 45.0. The SMILES string of the molecule is FC1CCC[C@@H]2CCCC[C@H]12. The highest BCUT2D eigenvalue weighted by Crippen LogP contribution is 2.41. The predicted molar refractivity (Wildman–Crippen MR) is 44.2 cm³/mol. The van der Waals surface area contributed by atoms with Gasteiger partial charge in [-0.1, -0.05) is 25.7 Å². The van der Waals surface area contributed by atoms with E-state index in [-0.39, 0.29) is 0 Å². The van der Waals surface area contributed by atoms with Crippen molar-refractivity contribution in [3.05, 3.63) is 0 Å². The molecule has 2 fully saturated rings. The van der Waals surface area contributed by atoms with E-state index in [2.05, 4.69) is 0 Å². The molecule has 3 atom stereocenters. The predicted octanol–water partition coefficient (Wildman–Crippen LogP) is 3.31. The van der Waals surface area contributed by atoms with Crippen molar-refractivity contribution in [2.45, 2.75) is 51.1 Å². The zero-order valence-electron chi connectivity index (χ0n) is 7.06. The first-order valence-electron chi connectivity index (χ1n) is 5.02. The molecule has 0 aromatic heterocycles. The minimum absolute atomic E-state index is 0.450. The van der Waals surface area contributed by atoms with Crippen LogP contribution in [0.15, 0.2) is 0 Å². The fourth-order valence-corrected chi connectivity index (χ4v) is 2.86. The Labute approximate surface area is 68.2 Å². The van der Waals surface area contributed by atoms with E-state index >= 15 is 0 Å². The van der Waals surface area contributed by atoms with Gasteiger partial charge in [-0.25, -0.2) is 4.39 Å².